The molecule has 0 aromatic heterocycles. The van der Waals surface area contributed by atoms with Crippen LogP contribution in [0.2, 0.25) is 0 Å². The molecule has 1 atom stereocenters. The summed E-state index contributed by atoms with van der Waals surface area (Å²) in [4.78, 5) is 0. The lowest BCUT2D eigenvalue weighted by molar-refractivity contribution is 0.152. The number of aliphatic hydroxyl groups is 1. The summed E-state index contributed by atoms with van der Waals surface area (Å²) in [5, 5.41) is 17.7. The maximum absolute atomic E-state index is 9.39. The van der Waals surface area contributed by atoms with Crippen molar-refractivity contribution in [3.63, 3.8) is 0 Å². The number of hydrogen-bond acceptors (Lipinski definition) is 2. The third-order valence-corrected chi connectivity index (χ3v) is 2.23. The summed E-state index contributed by atoms with van der Waals surface area (Å²) in [5.41, 5.74) is 0. The summed E-state index contributed by atoms with van der Waals surface area (Å²) in [6.45, 7) is 2.20. The monoisotopic (exact) mass is 183 g/mol. The van der Waals surface area contributed by atoms with Gasteiger partial charge in [0.05, 0.1) is 12.2 Å². The van der Waals surface area contributed by atoms with Crippen molar-refractivity contribution in [1.29, 1.82) is 5.26 Å². The van der Waals surface area contributed by atoms with Crippen LogP contribution in [-0.2, 0) is 0 Å². The molecular formula is C11H21NO. The first-order chi connectivity index (χ1) is 6.31. The molecule has 0 heterocycles. The fraction of sp³-hybridized carbons (Fsp3) is 0.909. The van der Waals surface area contributed by atoms with Crippen LogP contribution in [0.25, 0.3) is 0 Å². The average Bonchev–Trinajstić information content (AvgIpc) is 2.14. The summed E-state index contributed by atoms with van der Waals surface area (Å²) in [5.74, 6) is 0. The lowest BCUT2D eigenvalue weighted by atomic mass is 10.1. The molecule has 0 bridgehead atoms. The van der Waals surface area contributed by atoms with Crippen molar-refractivity contribution in [2.45, 2.75) is 64.4 Å². The van der Waals surface area contributed by atoms with Crippen molar-refractivity contribution in [2.24, 2.45) is 0 Å². The van der Waals surface area contributed by atoms with Gasteiger partial charge < -0.3 is 5.11 Å². The second kappa shape index (κ2) is 9.54. The molecule has 0 aliphatic rings. The van der Waals surface area contributed by atoms with E-state index in [2.05, 4.69) is 6.92 Å². The standard InChI is InChI=1S/C11H21NO/c1-2-3-4-5-6-8-11(13)9-7-10-12/h11,13H,2-9H2,1H3. The zero-order chi connectivity index (χ0) is 9.94. The quantitative estimate of drug-likeness (QED) is 0.588. The zero-order valence-corrected chi connectivity index (χ0v) is 8.63. The van der Waals surface area contributed by atoms with Crippen molar-refractivity contribution >= 4 is 0 Å². The van der Waals surface area contributed by atoms with Gasteiger partial charge in [0.1, 0.15) is 0 Å². The van der Waals surface area contributed by atoms with E-state index < -0.39 is 0 Å². The first-order valence-electron chi connectivity index (χ1n) is 5.36. The smallest absolute Gasteiger partial charge is 0.0622 e. The molecule has 0 amide bonds. The average molecular weight is 183 g/mol. The lowest BCUT2D eigenvalue weighted by Crippen LogP contribution is -2.05. The van der Waals surface area contributed by atoms with Gasteiger partial charge >= 0.3 is 0 Å². The van der Waals surface area contributed by atoms with Gasteiger partial charge in [-0.1, -0.05) is 39.0 Å². The Labute approximate surface area is 81.6 Å². The maximum atomic E-state index is 9.39. The summed E-state index contributed by atoms with van der Waals surface area (Å²) < 4.78 is 0. The Balaban J connectivity index is 3.08. The van der Waals surface area contributed by atoms with Crippen LogP contribution >= 0.6 is 0 Å². The van der Waals surface area contributed by atoms with E-state index in [0.29, 0.717) is 12.8 Å². The van der Waals surface area contributed by atoms with Crippen molar-refractivity contribution < 1.29 is 5.11 Å². The second-order valence-corrected chi connectivity index (χ2v) is 3.55. The summed E-state index contributed by atoms with van der Waals surface area (Å²) in [7, 11) is 0. The molecule has 0 radical (unpaired) electrons. The maximum Gasteiger partial charge on any atom is 0.0622 e. The largest absolute Gasteiger partial charge is 0.393 e. The Bertz CT molecular complexity index is 140. The molecule has 0 saturated carbocycles. The zero-order valence-electron chi connectivity index (χ0n) is 8.63. The first-order valence-corrected chi connectivity index (χ1v) is 5.36. The summed E-state index contributed by atoms with van der Waals surface area (Å²) >= 11 is 0. The van der Waals surface area contributed by atoms with Crippen LogP contribution in [0.4, 0.5) is 0 Å². The molecule has 0 aromatic carbocycles. The van der Waals surface area contributed by atoms with Gasteiger partial charge in [0.2, 0.25) is 0 Å². The first kappa shape index (κ1) is 12.4. The molecule has 76 valence electrons. The Morgan fingerprint density at radius 1 is 1.15 bits per heavy atom. The van der Waals surface area contributed by atoms with Gasteiger partial charge in [-0.3, -0.25) is 0 Å². The molecule has 0 aliphatic heterocycles. The SMILES string of the molecule is CCCCCCCC(O)CCC#N. The molecule has 0 fully saturated rings. The predicted octanol–water partition coefficient (Wildman–Crippen LogP) is 3.01. The third-order valence-electron chi connectivity index (χ3n) is 2.23. The van der Waals surface area contributed by atoms with E-state index in [1.165, 1.54) is 25.7 Å². The molecule has 0 rings (SSSR count). The minimum atomic E-state index is -0.249. The van der Waals surface area contributed by atoms with E-state index in [9.17, 15) is 5.11 Å². The Morgan fingerprint density at radius 3 is 2.46 bits per heavy atom. The van der Waals surface area contributed by atoms with Crippen LogP contribution in [-0.4, -0.2) is 11.2 Å². The summed E-state index contributed by atoms with van der Waals surface area (Å²) in [6.07, 6.45) is 7.91. The van der Waals surface area contributed by atoms with Crippen LogP contribution in [0.15, 0.2) is 0 Å². The van der Waals surface area contributed by atoms with E-state index in [4.69, 9.17) is 5.26 Å². The lowest BCUT2D eigenvalue weighted by Gasteiger charge is -2.07. The van der Waals surface area contributed by atoms with Crippen molar-refractivity contribution in [2.75, 3.05) is 0 Å². The summed E-state index contributed by atoms with van der Waals surface area (Å²) in [6, 6.07) is 2.05. The van der Waals surface area contributed by atoms with Crippen molar-refractivity contribution in [3.05, 3.63) is 0 Å². The van der Waals surface area contributed by atoms with Gasteiger partial charge in [-0.2, -0.15) is 5.26 Å². The van der Waals surface area contributed by atoms with Crippen LogP contribution in [0.5, 0.6) is 0 Å². The van der Waals surface area contributed by atoms with Gasteiger partial charge in [0.15, 0.2) is 0 Å². The topological polar surface area (TPSA) is 44.0 Å². The second-order valence-electron chi connectivity index (χ2n) is 3.55. The van der Waals surface area contributed by atoms with Crippen molar-refractivity contribution in [3.8, 4) is 6.07 Å². The van der Waals surface area contributed by atoms with Crippen molar-refractivity contribution in [1.82, 2.24) is 0 Å². The van der Waals surface area contributed by atoms with E-state index in [-0.39, 0.29) is 6.10 Å². The minimum absolute atomic E-state index is 0.249. The van der Waals surface area contributed by atoms with E-state index in [1.807, 2.05) is 6.07 Å². The molecule has 2 nitrogen and oxygen atoms in total. The number of unbranched alkanes of at least 4 members (excludes halogenated alkanes) is 4. The molecule has 13 heavy (non-hydrogen) atoms. The van der Waals surface area contributed by atoms with Gasteiger partial charge in [-0.05, 0) is 12.8 Å². The minimum Gasteiger partial charge on any atom is -0.393 e. The van der Waals surface area contributed by atoms with E-state index >= 15 is 0 Å². The Morgan fingerprint density at radius 2 is 1.85 bits per heavy atom. The van der Waals surface area contributed by atoms with Gasteiger partial charge in [-0.15, -0.1) is 0 Å². The van der Waals surface area contributed by atoms with Gasteiger partial charge in [0, 0.05) is 6.42 Å². The van der Waals surface area contributed by atoms with E-state index in [1.54, 1.807) is 0 Å². The highest BCUT2D eigenvalue weighted by Gasteiger charge is 2.02. The van der Waals surface area contributed by atoms with Gasteiger partial charge in [-0.25, -0.2) is 0 Å². The number of aliphatic hydroxyl groups excluding tert-OH is 1. The Hall–Kier alpha value is -0.550. The number of rotatable bonds is 8. The molecule has 0 saturated heterocycles. The molecule has 1 N–H and O–H groups in total. The third kappa shape index (κ3) is 9.36. The van der Waals surface area contributed by atoms with Crippen LogP contribution in [0, 0.1) is 11.3 Å². The van der Waals surface area contributed by atoms with Crippen LogP contribution in [0.1, 0.15) is 58.3 Å². The normalized spacial score (nSPS) is 12.4. The molecule has 0 spiro atoms. The Kier molecular flexibility index (Phi) is 9.13. The highest BCUT2D eigenvalue weighted by Crippen LogP contribution is 2.09. The van der Waals surface area contributed by atoms with E-state index in [0.717, 1.165) is 12.8 Å². The molecule has 0 aromatic rings. The molecule has 1 unspecified atom stereocenters. The fourth-order valence-electron chi connectivity index (χ4n) is 1.36. The van der Waals surface area contributed by atoms with Crippen LogP contribution in [0.3, 0.4) is 0 Å². The highest BCUT2D eigenvalue weighted by molar-refractivity contribution is 4.71. The number of nitrogens with zero attached hydrogens (tertiary/aromatic N) is 1. The highest BCUT2D eigenvalue weighted by atomic mass is 16.3. The molecule has 2 heteroatoms. The molecular weight excluding hydrogens is 162 g/mol. The number of nitriles is 1. The molecule has 0 aliphatic carbocycles. The number of hydrogen-bond donors (Lipinski definition) is 1. The van der Waals surface area contributed by atoms with Gasteiger partial charge in [0.25, 0.3) is 0 Å². The predicted molar refractivity (Wildman–Crippen MR) is 54.2 cm³/mol. The van der Waals surface area contributed by atoms with Crippen LogP contribution < -0.4 is 0 Å². The fourth-order valence-corrected chi connectivity index (χ4v) is 1.36.